The highest BCUT2D eigenvalue weighted by atomic mass is 19.1. The van der Waals surface area contributed by atoms with Crippen LogP contribution in [0.2, 0.25) is 0 Å². The Hall–Kier alpha value is -2.60. The lowest BCUT2D eigenvalue weighted by Gasteiger charge is -2.38. The molecule has 2 amide bonds. The molecule has 1 N–H and O–H groups in total. The van der Waals surface area contributed by atoms with Crippen LogP contribution in [-0.4, -0.2) is 61.1 Å². The molecule has 2 aromatic carbocycles. The van der Waals surface area contributed by atoms with Gasteiger partial charge < -0.3 is 15.1 Å². The predicted molar refractivity (Wildman–Crippen MR) is 118 cm³/mol. The van der Waals surface area contributed by atoms with E-state index in [0.29, 0.717) is 31.9 Å². The zero-order valence-electron chi connectivity index (χ0n) is 17.7. The number of hydrogen-bond donors (Lipinski definition) is 1. The molecule has 4 rings (SSSR count). The van der Waals surface area contributed by atoms with Crippen LogP contribution >= 0.6 is 0 Å². The maximum Gasteiger partial charge on any atom is 0.317 e. The van der Waals surface area contributed by atoms with E-state index in [1.54, 1.807) is 12.1 Å². The maximum atomic E-state index is 14.0. The van der Waals surface area contributed by atoms with Crippen LogP contribution in [0.3, 0.4) is 0 Å². The molecule has 2 fully saturated rings. The van der Waals surface area contributed by atoms with Gasteiger partial charge in [0.15, 0.2) is 0 Å². The Kier molecular flexibility index (Phi) is 6.53. The van der Waals surface area contributed by atoms with Gasteiger partial charge >= 0.3 is 6.03 Å². The normalized spacial score (nSPS) is 18.5. The lowest BCUT2D eigenvalue weighted by molar-refractivity contribution is 0.167. The number of aryl methyl sites for hydroxylation is 1. The molecule has 2 heterocycles. The molecule has 0 bridgehead atoms. The number of likely N-dealkylation sites (tertiary alicyclic amines) is 1. The second kappa shape index (κ2) is 9.47. The molecule has 2 saturated heterocycles. The maximum absolute atomic E-state index is 14.0. The second-order valence-corrected chi connectivity index (χ2v) is 8.35. The minimum atomic E-state index is -0.201. The van der Waals surface area contributed by atoms with Gasteiger partial charge in [-0.05, 0) is 43.0 Å². The molecule has 2 aliphatic heterocycles. The molecular weight excluding hydrogens is 379 g/mol. The summed E-state index contributed by atoms with van der Waals surface area (Å²) in [5, 5.41) is 3.22. The summed E-state index contributed by atoms with van der Waals surface area (Å²) < 4.78 is 14.0. The van der Waals surface area contributed by atoms with E-state index >= 15 is 0 Å². The topological polar surface area (TPSA) is 38.8 Å². The van der Waals surface area contributed by atoms with Gasteiger partial charge in [-0.25, -0.2) is 9.18 Å². The third-order valence-electron chi connectivity index (χ3n) is 6.33. The summed E-state index contributed by atoms with van der Waals surface area (Å²) in [5.41, 5.74) is 3.34. The van der Waals surface area contributed by atoms with Crippen LogP contribution in [0.25, 0.3) is 0 Å². The van der Waals surface area contributed by atoms with Crippen molar-refractivity contribution in [1.29, 1.82) is 0 Å². The van der Waals surface area contributed by atoms with E-state index in [-0.39, 0.29) is 17.9 Å². The average molecular weight is 411 g/mol. The summed E-state index contributed by atoms with van der Waals surface area (Å²) in [4.78, 5) is 19.0. The minimum Gasteiger partial charge on any atom is -0.366 e. The van der Waals surface area contributed by atoms with Crippen molar-refractivity contribution in [3.63, 3.8) is 0 Å². The van der Waals surface area contributed by atoms with E-state index in [9.17, 15) is 9.18 Å². The van der Waals surface area contributed by atoms with E-state index in [1.165, 1.54) is 17.2 Å². The number of urea groups is 1. The third-order valence-corrected chi connectivity index (χ3v) is 6.33. The van der Waals surface area contributed by atoms with E-state index < -0.39 is 0 Å². The Morgan fingerprint density at radius 1 is 0.967 bits per heavy atom. The summed E-state index contributed by atoms with van der Waals surface area (Å²) in [6, 6.07) is 15.6. The van der Waals surface area contributed by atoms with Crippen molar-refractivity contribution in [2.75, 3.05) is 44.2 Å². The zero-order valence-corrected chi connectivity index (χ0v) is 17.7. The van der Waals surface area contributed by atoms with Crippen LogP contribution in [0, 0.1) is 12.7 Å². The van der Waals surface area contributed by atoms with Crippen LogP contribution in [0.1, 0.15) is 24.0 Å². The molecule has 0 spiro atoms. The Morgan fingerprint density at radius 2 is 1.63 bits per heavy atom. The number of amides is 2. The van der Waals surface area contributed by atoms with Gasteiger partial charge in [0, 0.05) is 51.9 Å². The standard InChI is InChI=1S/C24H31FN4O/c1-19-6-2-3-7-20(19)18-27-12-10-21(11-13-27)26-24(30)29-16-14-28(15-17-29)23-9-5-4-8-22(23)25/h2-9,21H,10-18H2,1H3,(H,26,30). The first-order valence-electron chi connectivity index (χ1n) is 10.9. The van der Waals surface area contributed by atoms with Crippen LogP contribution < -0.4 is 10.2 Å². The molecule has 160 valence electrons. The highest BCUT2D eigenvalue weighted by Gasteiger charge is 2.26. The molecule has 2 aliphatic rings. The number of carbonyl (C=O) groups is 1. The van der Waals surface area contributed by atoms with Gasteiger partial charge in [-0.15, -0.1) is 0 Å². The number of nitrogens with zero attached hydrogens (tertiary/aromatic N) is 3. The quantitative estimate of drug-likeness (QED) is 0.837. The van der Waals surface area contributed by atoms with Crippen molar-refractivity contribution < 1.29 is 9.18 Å². The zero-order chi connectivity index (χ0) is 20.9. The molecule has 30 heavy (non-hydrogen) atoms. The average Bonchev–Trinajstić information content (AvgIpc) is 2.77. The number of anilines is 1. The van der Waals surface area contributed by atoms with Crippen molar-refractivity contribution in [2.45, 2.75) is 32.4 Å². The number of benzene rings is 2. The Bertz CT molecular complexity index is 858. The van der Waals surface area contributed by atoms with Gasteiger partial charge in [-0.2, -0.15) is 0 Å². The monoisotopic (exact) mass is 410 g/mol. The molecular formula is C24H31FN4O. The van der Waals surface area contributed by atoms with E-state index in [0.717, 1.165) is 32.5 Å². The van der Waals surface area contributed by atoms with E-state index in [4.69, 9.17) is 0 Å². The molecule has 0 radical (unpaired) electrons. The second-order valence-electron chi connectivity index (χ2n) is 8.35. The molecule has 2 aromatic rings. The first-order chi connectivity index (χ1) is 14.6. The summed E-state index contributed by atoms with van der Waals surface area (Å²) in [6.07, 6.45) is 1.96. The fourth-order valence-corrected chi connectivity index (χ4v) is 4.39. The van der Waals surface area contributed by atoms with Gasteiger partial charge in [-0.3, -0.25) is 4.90 Å². The van der Waals surface area contributed by atoms with Crippen LogP contribution in [0.4, 0.5) is 14.9 Å². The predicted octanol–water partition coefficient (Wildman–Crippen LogP) is 3.63. The Morgan fingerprint density at radius 3 is 2.33 bits per heavy atom. The van der Waals surface area contributed by atoms with E-state index in [2.05, 4.69) is 41.4 Å². The van der Waals surface area contributed by atoms with Crippen molar-refractivity contribution >= 4 is 11.7 Å². The Balaban J connectivity index is 1.21. The summed E-state index contributed by atoms with van der Waals surface area (Å²) in [5.74, 6) is -0.201. The smallest absolute Gasteiger partial charge is 0.317 e. The number of para-hydroxylation sites is 1. The van der Waals surface area contributed by atoms with Gasteiger partial charge in [0.05, 0.1) is 5.69 Å². The SMILES string of the molecule is Cc1ccccc1CN1CCC(NC(=O)N2CCN(c3ccccc3F)CC2)CC1. The number of rotatable bonds is 4. The van der Waals surface area contributed by atoms with Crippen LogP contribution in [-0.2, 0) is 6.54 Å². The Labute approximate surface area is 178 Å². The van der Waals surface area contributed by atoms with Gasteiger partial charge in [-0.1, -0.05) is 36.4 Å². The van der Waals surface area contributed by atoms with Crippen molar-refractivity contribution in [2.24, 2.45) is 0 Å². The molecule has 0 unspecified atom stereocenters. The largest absolute Gasteiger partial charge is 0.366 e. The summed E-state index contributed by atoms with van der Waals surface area (Å²) >= 11 is 0. The molecule has 0 atom stereocenters. The van der Waals surface area contributed by atoms with Gasteiger partial charge in [0.1, 0.15) is 5.82 Å². The number of piperidine rings is 1. The van der Waals surface area contributed by atoms with Crippen LogP contribution in [0.5, 0.6) is 0 Å². The van der Waals surface area contributed by atoms with Gasteiger partial charge in [0.25, 0.3) is 0 Å². The van der Waals surface area contributed by atoms with Crippen LogP contribution in [0.15, 0.2) is 48.5 Å². The molecule has 0 saturated carbocycles. The molecule has 0 aliphatic carbocycles. The molecule has 0 aromatic heterocycles. The fraction of sp³-hybridized carbons (Fsp3) is 0.458. The summed E-state index contributed by atoms with van der Waals surface area (Å²) in [7, 11) is 0. The van der Waals surface area contributed by atoms with Crippen molar-refractivity contribution in [1.82, 2.24) is 15.1 Å². The number of nitrogens with one attached hydrogen (secondary N) is 1. The number of carbonyl (C=O) groups excluding carboxylic acids is 1. The van der Waals surface area contributed by atoms with Gasteiger partial charge in [0.2, 0.25) is 0 Å². The lowest BCUT2D eigenvalue weighted by Crippen LogP contribution is -2.55. The number of piperazine rings is 1. The number of hydrogen-bond acceptors (Lipinski definition) is 3. The van der Waals surface area contributed by atoms with E-state index in [1.807, 2.05) is 15.9 Å². The highest BCUT2D eigenvalue weighted by Crippen LogP contribution is 2.21. The lowest BCUT2D eigenvalue weighted by atomic mass is 10.0. The summed E-state index contributed by atoms with van der Waals surface area (Å²) in [6.45, 7) is 7.69. The van der Waals surface area contributed by atoms with Crippen molar-refractivity contribution in [3.8, 4) is 0 Å². The molecule has 5 nitrogen and oxygen atoms in total. The molecule has 6 heteroatoms. The third kappa shape index (κ3) is 4.93. The van der Waals surface area contributed by atoms with Crippen molar-refractivity contribution in [3.05, 3.63) is 65.5 Å². The minimum absolute atomic E-state index is 0.0144. The fourth-order valence-electron chi connectivity index (χ4n) is 4.39. The first kappa shape index (κ1) is 20.7. The first-order valence-corrected chi connectivity index (χ1v) is 10.9. The highest BCUT2D eigenvalue weighted by molar-refractivity contribution is 5.75. The number of halogens is 1.